The molecule has 2 aliphatic rings. The highest BCUT2D eigenvalue weighted by atomic mass is 19.3. The van der Waals surface area contributed by atoms with Gasteiger partial charge in [0.25, 0.3) is 0 Å². The molecule has 0 radical (unpaired) electrons. The van der Waals surface area contributed by atoms with E-state index in [0.29, 0.717) is 18.3 Å². The molecule has 0 unspecified atom stereocenters. The average molecular weight is 371 g/mol. The summed E-state index contributed by atoms with van der Waals surface area (Å²) in [6.45, 7) is 1.37. The predicted octanol–water partition coefficient (Wildman–Crippen LogP) is 4.28. The Kier molecular flexibility index (Phi) is 5.34. The molecule has 1 aromatic carbocycles. The van der Waals surface area contributed by atoms with E-state index in [2.05, 4.69) is 23.9 Å². The second-order valence-corrected chi connectivity index (χ2v) is 7.66. The topological polar surface area (TPSA) is 47.6 Å². The third-order valence-electron chi connectivity index (χ3n) is 5.56. The number of ether oxygens (including phenoxy) is 2. The van der Waals surface area contributed by atoms with Crippen molar-refractivity contribution in [2.75, 3.05) is 0 Å². The second-order valence-electron chi connectivity index (χ2n) is 7.66. The summed E-state index contributed by atoms with van der Waals surface area (Å²) < 4.78 is 48.1. The Labute approximate surface area is 151 Å². The molecule has 2 aliphatic carbocycles. The van der Waals surface area contributed by atoms with Crippen molar-refractivity contribution >= 4 is 5.91 Å². The number of carbonyl (C=O) groups is 1. The molecule has 1 aromatic rings. The lowest BCUT2D eigenvalue weighted by Gasteiger charge is -2.46. The fraction of sp³-hybridized carbons (Fsp3) is 0.632. The van der Waals surface area contributed by atoms with Gasteiger partial charge in [0.1, 0.15) is 11.9 Å². The van der Waals surface area contributed by atoms with Crippen LogP contribution in [0.15, 0.2) is 18.2 Å². The molecule has 0 bridgehead atoms. The van der Waals surface area contributed by atoms with Gasteiger partial charge in [-0.15, -0.1) is 0 Å². The highest BCUT2D eigenvalue weighted by molar-refractivity contribution is 5.80. The number of hydrogen-bond donors (Lipinski definition) is 1. The lowest BCUT2D eigenvalue weighted by molar-refractivity contribution is -0.133. The molecule has 0 aliphatic heterocycles. The van der Waals surface area contributed by atoms with Crippen molar-refractivity contribution in [1.29, 1.82) is 0 Å². The van der Waals surface area contributed by atoms with Gasteiger partial charge in [-0.1, -0.05) is 20.3 Å². The summed E-state index contributed by atoms with van der Waals surface area (Å²) in [6.07, 6.45) is 3.76. The van der Waals surface area contributed by atoms with Gasteiger partial charge in [0, 0.05) is 18.0 Å². The zero-order valence-corrected chi connectivity index (χ0v) is 14.9. The molecule has 144 valence electrons. The monoisotopic (exact) mass is 371 g/mol. The third kappa shape index (κ3) is 4.24. The number of hydrogen-bond acceptors (Lipinski definition) is 3. The van der Waals surface area contributed by atoms with Crippen LogP contribution in [-0.2, 0) is 4.79 Å². The van der Waals surface area contributed by atoms with Gasteiger partial charge in [-0.3, -0.25) is 4.79 Å². The Morgan fingerprint density at radius 3 is 2.62 bits per heavy atom. The van der Waals surface area contributed by atoms with Crippen molar-refractivity contribution in [3.63, 3.8) is 0 Å². The van der Waals surface area contributed by atoms with Crippen LogP contribution in [0.4, 0.5) is 13.2 Å². The maximum Gasteiger partial charge on any atom is 0.387 e. The van der Waals surface area contributed by atoms with Crippen LogP contribution in [0.2, 0.25) is 0 Å². The summed E-state index contributed by atoms with van der Waals surface area (Å²) in [5, 5.41) is 3.06. The number of halogens is 3. The first-order chi connectivity index (χ1) is 12.3. The molecule has 0 spiro atoms. The van der Waals surface area contributed by atoms with Crippen molar-refractivity contribution in [3.8, 4) is 11.5 Å². The summed E-state index contributed by atoms with van der Waals surface area (Å²) in [7, 11) is 0. The number of nitrogens with one attached hydrogen (secondary N) is 1. The Balaban J connectivity index is 1.47. The van der Waals surface area contributed by atoms with Gasteiger partial charge in [0.2, 0.25) is 5.91 Å². The van der Waals surface area contributed by atoms with Crippen LogP contribution >= 0.6 is 0 Å². The number of benzene rings is 1. The lowest BCUT2D eigenvalue weighted by atomic mass is 9.65. The first-order valence-corrected chi connectivity index (χ1v) is 8.99. The molecule has 26 heavy (non-hydrogen) atoms. The van der Waals surface area contributed by atoms with E-state index in [9.17, 15) is 18.0 Å². The second kappa shape index (κ2) is 7.37. The minimum Gasteiger partial charge on any atom is -0.486 e. The van der Waals surface area contributed by atoms with Gasteiger partial charge in [0.15, 0.2) is 11.5 Å². The fourth-order valence-electron chi connectivity index (χ4n) is 3.66. The quantitative estimate of drug-likeness (QED) is 0.778. The summed E-state index contributed by atoms with van der Waals surface area (Å²) in [5.74, 6) is -1.01. The van der Waals surface area contributed by atoms with Crippen molar-refractivity contribution in [2.24, 2.45) is 11.3 Å². The van der Waals surface area contributed by atoms with Crippen molar-refractivity contribution in [3.05, 3.63) is 24.0 Å². The van der Waals surface area contributed by atoms with Crippen LogP contribution in [0, 0.1) is 17.2 Å². The molecular formula is C19H24F3NO3. The Morgan fingerprint density at radius 1 is 1.31 bits per heavy atom. The SMILES string of the molecule is CCC1(C)CC(NC(=O)C2CC(Oc3cc(F)ccc3OC(F)F)C2)C1. The van der Waals surface area contributed by atoms with E-state index in [4.69, 9.17) is 4.74 Å². The van der Waals surface area contributed by atoms with E-state index in [0.717, 1.165) is 37.5 Å². The highest BCUT2D eigenvalue weighted by Gasteiger charge is 2.42. The van der Waals surface area contributed by atoms with E-state index in [1.807, 2.05) is 0 Å². The minimum atomic E-state index is -3.01. The maximum absolute atomic E-state index is 13.4. The van der Waals surface area contributed by atoms with E-state index in [-0.39, 0.29) is 35.5 Å². The van der Waals surface area contributed by atoms with Crippen LogP contribution in [0.25, 0.3) is 0 Å². The summed E-state index contributed by atoms with van der Waals surface area (Å²) in [4.78, 5) is 12.2. The van der Waals surface area contributed by atoms with Gasteiger partial charge >= 0.3 is 6.61 Å². The lowest BCUT2D eigenvalue weighted by Crippen LogP contribution is -2.53. The zero-order valence-electron chi connectivity index (χ0n) is 14.9. The predicted molar refractivity (Wildman–Crippen MR) is 89.7 cm³/mol. The molecule has 2 fully saturated rings. The van der Waals surface area contributed by atoms with Gasteiger partial charge in [-0.2, -0.15) is 8.78 Å². The normalized spacial score (nSPS) is 30.3. The van der Waals surface area contributed by atoms with E-state index < -0.39 is 12.4 Å². The van der Waals surface area contributed by atoms with Gasteiger partial charge in [0.05, 0.1) is 0 Å². The molecule has 0 aromatic heterocycles. The molecule has 2 saturated carbocycles. The van der Waals surface area contributed by atoms with Crippen LogP contribution in [0.5, 0.6) is 11.5 Å². The molecule has 7 heteroatoms. The van der Waals surface area contributed by atoms with Crippen LogP contribution in [-0.4, -0.2) is 24.7 Å². The third-order valence-corrected chi connectivity index (χ3v) is 5.56. The fourth-order valence-corrected chi connectivity index (χ4v) is 3.66. The molecule has 1 N–H and O–H groups in total. The Morgan fingerprint density at radius 2 is 2.00 bits per heavy atom. The average Bonchev–Trinajstić information content (AvgIpc) is 2.50. The van der Waals surface area contributed by atoms with Crippen molar-refractivity contribution < 1.29 is 27.4 Å². The largest absolute Gasteiger partial charge is 0.486 e. The molecule has 4 nitrogen and oxygen atoms in total. The Hall–Kier alpha value is -1.92. The Bertz CT molecular complexity index is 655. The molecule has 0 saturated heterocycles. The molecule has 3 rings (SSSR count). The molecule has 0 heterocycles. The van der Waals surface area contributed by atoms with Gasteiger partial charge in [-0.05, 0) is 43.2 Å². The summed E-state index contributed by atoms with van der Waals surface area (Å²) in [6, 6.07) is 3.40. The van der Waals surface area contributed by atoms with Gasteiger partial charge < -0.3 is 14.8 Å². The molecule has 1 amide bonds. The molecule has 0 atom stereocenters. The first kappa shape index (κ1) is 18.9. The summed E-state index contributed by atoms with van der Waals surface area (Å²) >= 11 is 0. The number of rotatable bonds is 7. The van der Waals surface area contributed by atoms with E-state index in [1.54, 1.807) is 0 Å². The summed E-state index contributed by atoms with van der Waals surface area (Å²) in [5.41, 5.74) is 0.335. The number of carbonyl (C=O) groups excluding carboxylic acids is 1. The number of amides is 1. The minimum absolute atomic E-state index is 0.0105. The van der Waals surface area contributed by atoms with E-state index >= 15 is 0 Å². The zero-order chi connectivity index (χ0) is 18.9. The van der Waals surface area contributed by atoms with Crippen LogP contribution in [0.1, 0.15) is 46.0 Å². The van der Waals surface area contributed by atoms with Crippen molar-refractivity contribution in [1.82, 2.24) is 5.32 Å². The van der Waals surface area contributed by atoms with Crippen molar-refractivity contribution in [2.45, 2.75) is 64.7 Å². The van der Waals surface area contributed by atoms with Crippen LogP contribution in [0.3, 0.4) is 0 Å². The van der Waals surface area contributed by atoms with Crippen LogP contribution < -0.4 is 14.8 Å². The smallest absolute Gasteiger partial charge is 0.387 e. The first-order valence-electron chi connectivity index (χ1n) is 8.99. The standard InChI is InChI=1S/C19H24F3NO3/c1-3-19(2)9-13(10-19)23-17(24)11-6-14(7-11)25-16-8-12(20)4-5-15(16)26-18(21)22/h4-5,8,11,13-14,18H,3,6-7,9-10H2,1-2H3,(H,23,24). The highest BCUT2D eigenvalue weighted by Crippen LogP contribution is 2.44. The molecular weight excluding hydrogens is 347 g/mol. The maximum atomic E-state index is 13.4. The number of alkyl halides is 2. The van der Waals surface area contributed by atoms with Gasteiger partial charge in [-0.25, -0.2) is 4.39 Å². The van der Waals surface area contributed by atoms with E-state index in [1.165, 1.54) is 0 Å².